The number of carbonyl (C=O) groups is 3. The number of thioether (sulfide) groups is 1. The summed E-state index contributed by atoms with van der Waals surface area (Å²) >= 11 is 1.64. The highest BCUT2D eigenvalue weighted by Gasteiger charge is 2.77. The molecule has 8 heteroatoms. The van der Waals surface area contributed by atoms with E-state index in [2.05, 4.69) is 17.6 Å². The molecule has 3 heterocycles. The van der Waals surface area contributed by atoms with Crippen LogP contribution >= 0.6 is 11.8 Å². The molecule has 6 atom stereocenters. The van der Waals surface area contributed by atoms with Crippen molar-refractivity contribution in [2.24, 2.45) is 11.8 Å². The number of hydrogen-bond acceptors (Lipinski definition) is 5. The molecule has 3 saturated heterocycles. The summed E-state index contributed by atoms with van der Waals surface area (Å²) in [6, 6.07) is 14.4. The highest BCUT2D eigenvalue weighted by Crippen LogP contribution is 2.71. The van der Waals surface area contributed by atoms with Gasteiger partial charge in [-0.2, -0.15) is 0 Å². The minimum atomic E-state index is -0.768. The molecule has 1 spiro atoms. The van der Waals surface area contributed by atoms with Crippen LogP contribution in [0.1, 0.15) is 49.8 Å². The Morgan fingerprint density at radius 2 is 1.87 bits per heavy atom. The van der Waals surface area contributed by atoms with Gasteiger partial charge in [0.05, 0.1) is 29.2 Å². The minimum Gasteiger partial charge on any atom is -0.394 e. The lowest BCUT2D eigenvalue weighted by Crippen LogP contribution is -2.54. The largest absolute Gasteiger partial charge is 0.394 e. The molecule has 38 heavy (non-hydrogen) atoms. The second-order valence-corrected chi connectivity index (χ2v) is 13.1. The van der Waals surface area contributed by atoms with Crippen molar-refractivity contribution in [2.75, 3.05) is 11.9 Å². The summed E-state index contributed by atoms with van der Waals surface area (Å²) in [5.41, 5.74) is 3.69. The fourth-order valence-corrected chi connectivity index (χ4v) is 9.18. The minimum absolute atomic E-state index is 0.142. The molecule has 3 amide bonds. The monoisotopic (exact) mass is 535 g/mol. The van der Waals surface area contributed by atoms with E-state index in [0.29, 0.717) is 19.4 Å². The first-order valence-electron chi connectivity index (χ1n) is 13.5. The van der Waals surface area contributed by atoms with Crippen molar-refractivity contribution in [2.45, 2.75) is 75.1 Å². The summed E-state index contributed by atoms with van der Waals surface area (Å²) in [4.78, 5) is 43.6. The molecule has 5 rings (SSSR count). The van der Waals surface area contributed by atoms with Gasteiger partial charge in [-0.15, -0.1) is 11.8 Å². The van der Waals surface area contributed by atoms with Gasteiger partial charge in [0.25, 0.3) is 0 Å². The lowest BCUT2D eigenvalue weighted by atomic mass is 9.66. The molecule has 0 aromatic heterocycles. The summed E-state index contributed by atoms with van der Waals surface area (Å²) in [6.45, 7) is 8.06. The molecule has 0 saturated carbocycles. The predicted octanol–water partition coefficient (Wildman–Crippen LogP) is 3.81. The highest BCUT2D eigenvalue weighted by atomic mass is 32.2. The van der Waals surface area contributed by atoms with Crippen LogP contribution in [0.3, 0.4) is 0 Å². The van der Waals surface area contributed by atoms with Crippen LogP contribution in [0.25, 0.3) is 0 Å². The summed E-state index contributed by atoms with van der Waals surface area (Å²) in [6.07, 6.45) is 1.95. The van der Waals surface area contributed by atoms with Crippen molar-refractivity contribution in [1.82, 2.24) is 10.2 Å². The number of nitrogens with zero attached hydrogens (tertiary/aromatic N) is 1. The van der Waals surface area contributed by atoms with Gasteiger partial charge in [-0.3, -0.25) is 14.4 Å². The number of amides is 3. The number of aliphatic hydroxyl groups excluding tert-OH is 1. The Kier molecular flexibility index (Phi) is 7.07. The van der Waals surface area contributed by atoms with Crippen molar-refractivity contribution in [3.63, 3.8) is 0 Å². The zero-order valence-corrected chi connectivity index (χ0v) is 23.3. The number of aryl methyl sites for hydroxylation is 2. The van der Waals surface area contributed by atoms with Gasteiger partial charge < -0.3 is 20.6 Å². The molecule has 3 fully saturated rings. The van der Waals surface area contributed by atoms with E-state index in [1.807, 2.05) is 69.3 Å². The van der Waals surface area contributed by atoms with Gasteiger partial charge in [0.1, 0.15) is 6.04 Å². The molecular weight excluding hydrogens is 498 g/mol. The first-order valence-corrected chi connectivity index (χ1v) is 14.3. The van der Waals surface area contributed by atoms with E-state index < -0.39 is 33.4 Å². The Labute approximate surface area is 228 Å². The van der Waals surface area contributed by atoms with E-state index in [0.717, 1.165) is 28.8 Å². The maximum absolute atomic E-state index is 14.2. The van der Waals surface area contributed by atoms with Crippen molar-refractivity contribution in [3.8, 4) is 0 Å². The zero-order valence-electron chi connectivity index (χ0n) is 22.5. The maximum atomic E-state index is 14.2. The molecule has 3 aliphatic heterocycles. The molecule has 3 aliphatic rings. The first-order chi connectivity index (χ1) is 18.1. The van der Waals surface area contributed by atoms with Crippen molar-refractivity contribution >= 4 is 35.2 Å². The van der Waals surface area contributed by atoms with Crippen molar-refractivity contribution in [3.05, 3.63) is 65.2 Å². The number of nitrogens with one attached hydrogen (secondary N) is 2. The number of fused-ring (bicyclic) bond motifs is 1. The second-order valence-electron chi connectivity index (χ2n) is 11.2. The third kappa shape index (κ3) is 4.22. The average Bonchev–Trinajstić information content (AvgIpc) is 3.47. The molecule has 3 N–H and O–H groups in total. The van der Waals surface area contributed by atoms with E-state index in [1.165, 1.54) is 0 Å². The second kappa shape index (κ2) is 10.0. The van der Waals surface area contributed by atoms with Gasteiger partial charge in [-0.25, -0.2) is 0 Å². The maximum Gasteiger partial charge on any atom is 0.248 e. The third-order valence-corrected chi connectivity index (χ3v) is 10.8. The normalized spacial score (nSPS) is 30.3. The van der Waals surface area contributed by atoms with E-state index in [-0.39, 0.29) is 24.3 Å². The summed E-state index contributed by atoms with van der Waals surface area (Å²) in [7, 11) is 0. The lowest BCUT2D eigenvalue weighted by Gasteiger charge is -2.36. The third-order valence-electron chi connectivity index (χ3n) is 8.78. The standard InChI is InChI=1S/C30H37N3O4S/c1-5-21(17-34)33-25(27(36)32-22-15-18(2)11-12-19(22)3)30-14-13-29(4,38-30)23(24(30)28(33)37)26(35)31-16-20-9-7-6-8-10-20/h6-12,15,21,23-25,34H,5,13-14,16-17H2,1-4H3,(H,31,35)(H,32,36)/t21-,23+,24-,25?,29-,30?/m0/s1. The van der Waals surface area contributed by atoms with Crippen molar-refractivity contribution < 1.29 is 19.5 Å². The van der Waals surface area contributed by atoms with Crippen LogP contribution in [-0.4, -0.2) is 55.9 Å². The first kappa shape index (κ1) is 26.8. The predicted molar refractivity (Wildman–Crippen MR) is 150 cm³/mol. The van der Waals surface area contributed by atoms with Crippen LogP contribution in [-0.2, 0) is 20.9 Å². The number of anilines is 1. The molecular formula is C30H37N3O4S. The SMILES string of the molecule is CC[C@@H](CO)N1C(=O)[C@@H]2[C@H](C(=O)NCc3ccccc3)[C@]3(C)CCC2(S3)C1C(=O)Nc1cc(C)ccc1C. The Balaban J connectivity index is 1.50. The molecule has 2 bridgehead atoms. The molecule has 2 aromatic carbocycles. The van der Waals surface area contributed by atoms with Gasteiger partial charge in [0.2, 0.25) is 17.7 Å². The van der Waals surface area contributed by atoms with Gasteiger partial charge in [-0.1, -0.05) is 49.4 Å². The van der Waals surface area contributed by atoms with Crippen molar-refractivity contribution in [1.29, 1.82) is 0 Å². The molecule has 202 valence electrons. The molecule has 0 aliphatic carbocycles. The van der Waals surface area contributed by atoms with Gasteiger partial charge in [0, 0.05) is 17.0 Å². The van der Waals surface area contributed by atoms with Crippen LogP contribution in [0, 0.1) is 25.7 Å². The smallest absolute Gasteiger partial charge is 0.248 e. The fraction of sp³-hybridized carbons (Fsp3) is 0.500. The summed E-state index contributed by atoms with van der Waals surface area (Å²) < 4.78 is -1.16. The average molecular weight is 536 g/mol. The Bertz CT molecular complexity index is 1250. The van der Waals surface area contributed by atoms with E-state index in [4.69, 9.17) is 0 Å². The number of carbonyl (C=O) groups excluding carboxylic acids is 3. The van der Waals surface area contributed by atoms with Gasteiger partial charge in [0.15, 0.2) is 0 Å². The quantitative estimate of drug-likeness (QED) is 0.478. The van der Waals surface area contributed by atoms with Crippen LogP contribution in [0.4, 0.5) is 5.69 Å². The molecule has 0 radical (unpaired) electrons. The van der Waals surface area contributed by atoms with Crippen LogP contribution in [0.2, 0.25) is 0 Å². The Morgan fingerprint density at radius 1 is 1.13 bits per heavy atom. The number of hydrogen-bond donors (Lipinski definition) is 3. The highest BCUT2D eigenvalue weighted by molar-refractivity contribution is 8.02. The summed E-state index contributed by atoms with van der Waals surface area (Å²) in [5.74, 6) is -1.74. The number of likely N-dealkylation sites (tertiary alicyclic amines) is 1. The zero-order chi connectivity index (χ0) is 27.2. The summed E-state index contributed by atoms with van der Waals surface area (Å²) in [5, 5.41) is 16.4. The molecule has 2 aromatic rings. The fourth-order valence-electron chi connectivity index (χ4n) is 6.84. The van der Waals surface area contributed by atoms with Crippen LogP contribution < -0.4 is 10.6 Å². The van der Waals surface area contributed by atoms with Gasteiger partial charge >= 0.3 is 0 Å². The topological polar surface area (TPSA) is 98.7 Å². The van der Waals surface area contributed by atoms with E-state index >= 15 is 0 Å². The van der Waals surface area contributed by atoms with Gasteiger partial charge in [-0.05, 0) is 62.8 Å². The molecule has 2 unspecified atom stereocenters. The number of rotatable bonds is 8. The Morgan fingerprint density at radius 3 is 2.55 bits per heavy atom. The van der Waals surface area contributed by atoms with Crippen LogP contribution in [0.15, 0.2) is 48.5 Å². The Hall–Kier alpha value is -2.84. The number of benzene rings is 2. The number of aliphatic hydroxyl groups is 1. The molecule has 7 nitrogen and oxygen atoms in total. The van der Waals surface area contributed by atoms with E-state index in [9.17, 15) is 19.5 Å². The van der Waals surface area contributed by atoms with E-state index in [1.54, 1.807) is 16.7 Å². The van der Waals surface area contributed by atoms with Crippen LogP contribution in [0.5, 0.6) is 0 Å². The lowest BCUT2D eigenvalue weighted by molar-refractivity contribution is -0.142.